The van der Waals surface area contributed by atoms with E-state index in [4.69, 9.17) is 4.74 Å². The van der Waals surface area contributed by atoms with Gasteiger partial charge in [-0.3, -0.25) is 9.59 Å². The van der Waals surface area contributed by atoms with E-state index >= 15 is 0 Å². The molecule has 1 saturated heterocycles. The third-order valence-corrected chi connectivity index (χ3v) is 5.29. The average Bonchev–Trinajstić information content (AvgIpc) is 3.24. The molecule has 25 heavy (non-hydrogen) atoms. The highest BCUT2D eigenvalue weighted by Gasteiger charge is 2.41. The van der Waals surface area contributed by atoms with Crippen LogP contribution in [-0.4, -0.2) is 57.6 Å². The van der Waals surface area contributed by atoms with E-state index in [1.807, 2.05) is 17.7 Å². The molecular weight excluding hydrogens is 320 g/mol. The summed E-state index contributed by atoms with van der Waals surface area (Å²) in [5, 5.41) is 3.10. The van der Waals surface area contributed by atoms with E-state index in [0.29, 0.717) is 32.7 Å². The van der Waals surface area contributed by atoms with Crippen LogP contribution in [0.4, 0.5) is 0 Å². The molecule has 1 unspecified atom stereocenters. The van der Waals surface area contributed by atoms with Gasteiger partial charge in [-0.2, -0.15) is 0 Å². The van der Waals surface area contributed by atoms with Gasteiger partial charge in [0.15, 0.2) is 5.60 Å². The Labute approximate surface area is 148 Å². The zero-order valence-corrected chi connectivity index (χ0v) is 15.2. The molecule has 2 aliphatic rings. The summed E-state index contributed by atoms with van der Waals surface area (Å²) in [6.45, 7) is 5.55. The van der Waals surface area contributed by atoms with Crippen LogP contribution in [0.3, 0.4) is 0 Å². The molecule has 0 radical (unpaired) electrons. The maximum absolute atomic E-state index is 12.6. The predicted octanol–water partition coefficient (Wildman–Crippen LogP) is 1.26. The van der Waals surface area contributed by atoms with Gasteiger partial charge < -0.3 is 19.5 Å². The number of ether oxygens (including phenoxy) is 1. The lowest BCUT2D eigenvalue weighted by molar-refractivity contribution is -0.163. The molecule has 2 fully saturated rings. The number of amides is 2. The van der Waals surface area contributed by atoms with Crippen LogP contribution in [0.15, 0.2) is 12.4 Å². The second-order valence-electron chi connectivity index (χ2n) is 7.27. The molecule has 1 aliphatic carbocycles. The van der Waals surface area contributed by atoms with E-state index < -0.39 is 5.60 Å². The van der Waals surface area contributed by atoms with E-state index in [0.717, 1.165) is 18.7 Å². The van der Waals surface area contributed by atoms with Crippen molar-refractivity contribution in [1.82, 2.24) is 19.8 Å². The average molecular weight is 348 g/mol. The Kier molecular flexibility index (Phi) is 5.42. The van der Waals surface area contributed by atoms with Crippen molar-refractivity contribution in [3.05, 3.63) is 18.2 Å². The maximum atomic E-state index is 12.6. The first kappa shape index (κ1) is 17.9. The fraction of sp³-hybridized carbons (Fsp3) is 0.722. The molecule has 0 aromatic carbocycles. The Balaban J connectivity index is 1.54. The monoisotopic (exact) mass is 348 g/mol. The molecule has 1 saturated carbocycles. The lowest BCUT2D eigenvalue weighted by Gasteiger charge is -2.39. The highest BCUT2D eigenvalue weighted by Crippen LogP contribution is 2.22. The molecule has 0 spiro atoms. The summed E-state index contributed by atoms with van der Waals surface area (Å²) in [6.07, 6.45) is 8.42. The van der Waals surface area contributed by atoms with Crippen molar-refractivity contribution in [1.29, 1.82) is 0 Å². The number of rotatable bonds is 5. The molecule has 7 heteroatoms. The minimum absolute atomic E-state index is 0.0521. The molecule has 138 valence electrons. The second kappa shape index (κ2) is 7.56. The van der Waals surface area contributed by atoms with Gasteiger partial charge in [-0.05, 0) is 26.7 Å². The number of hydrogen-bond acceptors (Lipinski definition) is 4. The molecule has 3 rings (SSSR count). The van der Waals surface area contributed by atoms with Crippen LogP contribution < -0.4 is 5.32 Å². The van der Waals surface area contributed by atoms with Gasteiger partial charge in [-0.1, -0.05) is 12.8 Å². The van der Waals surface area contributed by atoms with Crippen molar-refractivity contribution >= 4 is 11.8 Å². The molecule has 2 amide bonds. The van der Waals surface area contributed by atoms with Crippen molar-refractivity contribution in [2.75, 3.05) is 19.7 Å². The van der Waals surface area contributed by atoms with E-state index in [1.165, 1.54) is 12.8 Å². The van der Waals surface area contributed by atoms with Gasteiger partial charge in [-0.25, -0.2) is 4.98 Å². The Hall–Kier alpha value is -1.89. The first-order valence-corrected chi connectivity index (χ1v) is 9.18. The van der Waals surface area contributed by atoms with Gasteiger partial charge in [0.25, 0.3) is 5.91 Å². The standard InChI is InChI=1S/C18H28N4O3/c1-14-19-8-10-21(14)9-7-16(23)22-11-12-25-18(2,13-22)17(24)20-15-5-3-4-6-15/h8,10,15H,3-7,9,11-13H2,1-2H3,(H,20,24). The van der Waals surface area contributed by atoms with E-state index in [-0.39, 0.29) is 17.9 Å². The molecule has 1 atom stereocenters. The lowest BCUT2D eigenvalue weighted by Crippen LogP contribution is -2.60. The van der Waals surface area contributed by atoms with Crippen LogP contribution >= 0.6 is 0 Å². The number of imidazole rings is 1. The highest BCUT2D eigenvalue weighted by molar-refractivity contribution is 5.86. The predicted molar refractivity (Wildman–Crippen MR) is 92.9 cm³/mol. The first-order valence-electron chi connectivity index (χ1n) is 9.18. The summed E-state index contributed by atoms with van der Waals surface area (Å²) in [6, 6.07) is 0.253. The molecule has 1 N–H and O–H groups in total. The number of aryl methyl sites for hydroxylation is 2. The number of nitrogens with zero attached hydrogens (tertiary/aromatic N) is 3. The summed E-state index contributed by atoms with van der Waals surface area (Å²) in [5.41, 5.74) is -0.957. The minimum atomic E-state index is -0.957. The molecule has 1 aromatic rings. The largest absolute Gasteiger partial charge is 0.362 e. The third kappa shape index (κ3) is 4.21. The molecule has 0 bridgehead atoms. The van der Waals surface area contributed by atoms with Gasteiger partial charge in [0.1, 0.15) is 5.82 Å². The van der Waals surface area contributed by atoms with E-state index in [1.54, 1.807) is 18.0 Å². The second-order valence-corrected chi connectivity index (χ2v) is 7.27. The van der Waals surface area contributed by atoms with Crippen LogP contribution in [0.2, 0.25) is 0 Å². The van der Waals surface area contributed by atoms with Gasteiger partial charge in [0.05, 0.1) is 13.2 Å². The maximum Gasteiger partial charge on any atom is 0.254 e. The molecule has 1 aromatic heterocycles. The molecular formula is C18H28N4O3. The number of nitrogens with one attached hydrogen (secondary N) is 1. The highest BCUT2D eigenvalue weighted by atomic mass is 16.5. The first-order chi connectivity index (χ1) is 12.0. The Bertz CT molecular complexity index is 624. The van der Waals surface area contributed by atoms with Gasteiger partial charge >= 0.3 is 0 Å². The number of carbonyl (C=O) groups excluding carboxylic acids is 2. The fourth-order valence-electron chi connectivity index (χ4n) is 3.64. The number of aromatic nitrogens is 2. The number of hydrogen-bond donors (Lipinski definition) is 1. The summed E-state index contributed by atoms with van der Waals surface area (Å²) >= 11 is 0. The van der Waals surface area contributed by atoms with Gasteiger partial charge in [0, 0.05) is 37.9 Å². The van der Waals surface area contributed by atoms with Gasteiger partial charge in [0.2, 0.25) is 5.91 Å². The fourth-order valence-corrected chi connectivity index (χ4v) is 3.64. The molecule has 2 heterocycles. The Morgan fingerprint density at radius 3 is 2.84 bits per heavy atom. The van der Waals surface area contributed by atoms with Crippen LogP contribution in [0, 0.1) is 6.92 Å². The van der Waals surface area contributed by atoms with Gasteiger partial charge in [-0.15, -0.1) is 0 Å². The third-order valence-electron chi connectivity index (χ3n) is 5.29. The number of morpholine rings is 1. The summed E-state index contributed by atoms with van der Waals surface area (Å²) in [4.78, 5) is 31.1. The van der Waals surface area contributed by atoms with Crippen LogP contribution in [0.1, 0.15) is 44.9 Å². The zero-order valence-electron chi connectivity index (χ0n) is 15.2. The van der Waals surface area contributed by atoms with Crippen LogP contribution in [0.5, 0.6) is 0 Å². The van der Waals surface area contributed by atoms with Crippen molar-refractivity contribution in [3.63, 3.8) is 0 Å². The molecule has 7 nitrogen and oxygen atoms in total. The van der Waals surface area contributed by atoms with Crippen molar-refractivity contribution < 1.29 is 14.3 Å². The minimum Gasteiger partial charge on any atom is -0.362 e. The topological polar surface area (TPSA) is 76.5 Å². The van der Waals surface area contributed by atoms with Crippen molar-refractivity contribution in [3.8, 4) is 0 Å². The van der Waals surface area contributed by atoms with E-state index in [2.05, 4.69) is 10.3 Å². The SMILES string of the molecule is Cc1nccn1CCC(=O)N1CCOC(C)(C(=O)NC2CCCC2)C1. The summed E-state index contributed by atoms with van der Waals surface area (Å²) in [7, 11) is 0. The smallest absolute Gasteiger partial charge is 0.254 e. The quantitative estimate of drug-likeness (QED) is 0.869. The van der Waals surface area contributed by atoms with Crippen LogP contribution in [-0.2, 0) is 20.9 Å². The summed E-state index contributed by atoms with van der Waals surface area (Å²) < 4.78 is 7.73. The Morgan fingerprint density at radius 1 is 1.40 bits per heavy atom. The normalized spacial score (nSPS) is 24.5. The summed E-state index contributed by atoms with van der Waals surface area (Å²) in [5.74, 6) is 0.856. The Morgan fingerprint density at radius 2 is 2.16 bits per heavy atom. The lowest BCUT2D eigenvalue weighted by atomic mass is 10.0. The van der Waals surface area contributed by atoms with Crippen molar-refractivity contribution in [2.24, 2.45) is 0 Å². The number of carbonyl (C=O) groups is 2. The van der Waals surface area contributed by atoms with Crippen LogP contribution in [0.25, 0.3) is 0 Å². The molecule has 1 aliphatic heterocycles. The van der Waals surface area contributed by atoms with Crippen molar-refractivity contribution in [2.45, 2.75) is 64.1 Å². The van der Waals surface area contributed by atoms with E-state index in [9.17, 15) is 9.59 Å². The zero-order chi connectivity index (χ0) is 17.9.